The second kappa shape index (κ2) is 20.0. The van der Waals surface area contributed by atoms with E-state index in [-0.39, 0.29) is 91.2 Å². The average Bonchev–Trinajstić information content (AvgIpc) is 3.81. The number of cyclic esters (lactones) is 1. The van der Waals surface area contributed by atoms with Gasteiger partial charge in [0.1, 0.15) is 11.7 Å². The number of epoxide rings is 1. The van der Waals surface area contributed by atoms with Crippen molar-refractivity contribution in [1.29, 1.82) is 0 Å². The highest BCUT2D eigenvalue weighted by molar-refractivity contribution is 5.73. The molecule has 2 N–H and O–H groups in total. The third-order valence-electron chi connectivity index (χ3n) is 11.5. The van der Waals surface area contributed by atoms with Gasteiger partial charge in [-0.3, -0.25) is 14.4 Å². The molecule has 0 bridgehead atoms. The number of likely N-dealkylation sites (tertiary alicyclic amines) is 1. The molecular weight excluding hydrogens is 765 g/mol. The highest BCUT2D eigenvalue weighted by atomic mass is 127. The maximum absolute atomic E-state index is 13.6. The van der Waals surface area contributed by atoms with E-state index in [0.29, 0.717) is 25.3 Å². The second-order valence-electron chi connectivity index (χ2n) is 16.1. The van der Waals surface area contributed by atoms with Crippen LogP contribution < -0.4 is 24.0 Å². The quantitative estimate of drug-likeness (QED) is 0.0581. The zero-order valence-corrected chi connectivity index (χ0v) is 34.8. The molecule has 0 aromatic rings. The summed E-state index contributed by atoms with van der Waals surface area (Å²) in [6, 6.07) is 0.456. The maximum Gasteiger partial charge on any atom is 0.310 e. The first-order valence-electron chi connectivity index (χ1n) is 18.9. The smallest absolute Gasteiger partial charge is 0.310 e. The highest BCUT2D eigenvalue weighted by Crippen LogP contribution is 2.37. The summed E-state index contributed by atoms with van der Waals surface area (Å²) in [6.45, 7) is 19.2. The van der Waals surface area contributed by atoms with Gasteiger partial charge in [0.05, 0.1) is 62.9 Å². The van der Waals surface area contributed by atoms with Crippen molar-refractivity contribution in [2.75, 3.05) is 20.1 Å². The van der Waals surface area contributed by atoms with Crippen molar-refractivity contribution in [3.63, 3.8) is 0 Å². The molecule has 10 atom stereocenters. The van der Waals surface area contributed by atoms with Crippen LogP contribution in [0, 0.1) is 23.7 Å². The first-order chi connectivity index (χ1) is 23.4. The molecule has 0 unspecified atom stereocenters. The van der Waals surface area contributed by atoms with Gasteiger partial charge in [-0.05, 0) is 70.9 Å². The molecule has 0 saturated carbocycles. The summed E-state index contributed by atoms with van der Waals surface area (Å²) in [5, 5.41) is 21.1. The normalized spacial score (nSPS) is 36.1. The average molecular weight is 832 g/mol. The number of hydrogen-bond acceptors (Lipinski definition) is 9. The Morgan fingerprint density at radius 3 is 2.35 bits per heavy atom. The number of quaternary nitrogens is 1. The number of piperidine rings is 1. The van der Waals surface area contributed by atoms with E-state index in [4.69, 9.17) is 18.9 Å². The van der Waals surface area contributed by atoms with Crippen LogP contribution in [0.2, 0.25) is 0 Å². The highest BCUT2D eigenvalue weighted by Gasteiger charge is 2.45. The minimum Gasteiger partial charge on any atom is -1.00 e. The monoisotopic (exact) mass is 831 g/mol. The van der Waals surface area contributed by atoms with Crippen molar-refractivity contribution >= 4 is 17.9 Å². The third kappa shape index (κ3) is 13.2. The zero-order chi connectivity index (χ0) is 37.4. The van der Waals surface area contributed by atoms with E-state index >= 15 is 0 Å². The van der Waals surface area contributed by atoms with E-state index < -0.39 is 35.9 Å². The summed E-state index contributed by atoms with van der Waals surface area (Å²) >= 11 is 0. The van der Waals surface area contributed by atoms with E-state index in [1.54, 1.807) is 13.0 Å². The van der Waals surface area contributed by atoms with Crippen LogP contribution in [-0.2, 0) is 33.3 Å². The van der Waals surface area contributed by atoms with Gasteiger partial charge in [-0.1, -0.05) is 52.0 Å². The van der Waals surface area contributed by atoms with Crippen LogP contribution in [-0.4, -0.2) is 101 Å². The lowest BCUT2D eigenvalue weighted by Crippen LogP contribution is -3.00. The second-order valence-corrected chi connectivity index (χ2v) is 16.1. The van der Waals surface area contributed by atoms with E-state index in [1.807, 2.05) is 45.9 Å². The van der Waals surface area contributed by atoms with Gasteiger partial charge in [0.15, 0.2) is 6.10 Å². The number of halogens is 1. The fraction of sp³-hybridized carbons (Fsp3) is 0.775. The first kappa shape index (κ1) is 45.4. The summed E-state index contributed by atoms with van der Waals surface area (Å²) in [5.41, 5.74) is -0.444. The van der Waals surface area contributed by atoms with E-state index in [9.17, 15) is 24.6 Å². The Labute approximate surface area is 324 Å². The van der Waals surface area contributed by atoms with Crippen molar-refractivity contribution in [3.8, 4) is 0 Å². The van der Waals surface area contributed by atoms with Crippen molar-refractivity contribution in [2.24, 2.45) is 23.7 Å². The van der Waals surface area contributed by atoms with Crippen LogP contribution >= 0.6 is 0 Å². The Hall–Kier alpha value is -1.80. The SMILES string of the molecule is CC[C@H](O)[C@@H](C)[C@H]1O[C@@H]1C[C@H](C)/C=C/C=C(\C)[C@H]1OC(=O)C[C@H](O)CC[C@@](C)(OC(=O)C2CC[N+](C)(C(C)C)CC2)[C@@H](OC(C)=O)/C=C/[C@@H]1C.[I-]. The Morgan fingerprint density at radius 2 is 1.76 bits per heavy atom. The van der Waals surface area contributed by atoms with E-state index in [2.05, 4.69) is 33.9 Å². The van der Waals surface area contributed by atoms with Gasteiger partial charge in [-0.25, -0.2) is 0 Å². The number of esters is 3. The van der Waals surface area contributed by atoms with Gasteiger partial charge in [0, 0.05) is 31.6 Å². The van der Waals surface area contributed by atoms with Crippen LogP contribution in [0.5, 0.6) is 0 Å². The number of rotatable bonds is 12. The summed E-state index contributed by atoms with van der Waals surface area (Å²) < 4.78 is 24.7. The van der Waals surface area contributed by atoms with Gasteiger partial charge in [-0.15, -0.1) is 0 Å². The number of carbonyl (C=O) groups is 3. The lowest BCUT2D eigenvalue weighted by molar-refractivity contribution is -0.934. The molecule has 0 aromatic carbocycles. The number of nitrogens with zero attached hydrogens (tertiary/aromatic N) is 1. The number of ether oxygens (including phenoxy) is 4. The van der Waals surface area contributed by atoms with Crippen LogP contribution in [0.3, 0.4) is 0 Å². The molecule has 3 rings (SSSR count). The molecule has 0 aliphatic carbocycles. The van der Waals surface area contributed by atoms with Gasteiger partial charge in [0.25, 0.3) is 0 Å². The number of aliphatic hydroxyl groups is 2. The van der Waals surface area contributed by atoms with Crippen molar-refractivity contribution in [1.82, 2.24) is 0 Å². The zero-order valence-electron chi connectivity index (χ0n) is 32.7. The van der Waals surface area contributed by atoms with Crippen LogP contribution in [0.1, 0.15) is 107 Å². The molecule has 11 heteroatoms. The molecule has 2 saturated heterocycles. The molecular formula is C40H66INO9. The minimum absolute atomic E-state index is 0. The number of allylic oxidation sites excluding steroid dienone is 3. The third-order valence-corrected chi connectivity index (χ3v) is 11.5. The summed E-state index contributed by atoms with van der Waals surface area (Å²) in [6.07, 6.45) is 9.95. The van der Waals surface area contributed by atoms with Gasteiger partial charge in [-0.2, -0.15) is 0 Å². The summed E-state index contributed by atoms with van der Waals surface area (Å²) in [7, 11) is 2.22. The molecule has 292 valence electrons. The molecule has 0 amide bonds. The minimum atomic E-state index is -1.26. The Balaban J connectivity index is 0.00000901. The first-order valence-corrected chi connectivity index (χ1v) is 18.9. The van der Waals surface area contributed by atoms with Crippen LogP contribution in [0.4, 0.5) is 0 Å². The van der Waals surface area contributed by atoms with Crippen molar-refractivity contribution in [3.05, 3.63) is 36.0 Å². The maximum atomic E-state index is 13.6. The Kier molecular flexibility index (Phi) is 17.8. The molecule has 0 radical (unpaired) electrons. The molecule has 10 nitrogen and oxygen atoms in total. The van der Waals surface area contributed by atoms with Crippen molar-refractivity contribution < 1.29 is 72.0 Å². The largest absolute Gasteiger partial charge is 1.00 e. The molecule has 2 fully saturated rings. The molecule has 3 aliphatic rings. The van der Waals surface area contributed by atoms with Crippen molar-refractivity contribution in [2.45, 2.75) is 156 Å². The molecule has 0 aromatic heterocycles. The van der Waals surface area contributed by atoms with E-state index in [0.717, 1.165) is 29.6 Å². The van der Waals surface area contributed by atoms with E-state index in [1.165, 1.54) is 6.92 Å². The topological polar surface area (TPSA) is 132 Å². The van der Waals surface area contributed by atoms with Gasteiger partial charge in [0.2, 0.25) is 0 Å². The number of carbonyl (C=O) groups excluding carboxylic acids is 3. The fourth-order valence-electron chi connectivity index (χ4n) is 7.29. The predicted molar refractivity (Wildman–Crippen MR) is 193 cm³/mol. The summed E-state index contributed by atoms with van der Waals surface area (Å²) in [4.78, 5) is 39.0. The number of aliphatic hydroxyl groups excluding tert-OH is 2. The lowest BCUT2D eigenvalue weighted by Gasteiger charge is -2.44. The fourth-order valence-corrected chi connectivity index (χ4v) is 7.29. The molecule has 0 spiro atoms. The molecule has 51 heavy (non-hydrogen) atoms. The Morgan fingerprint density at radius 1 is 1.12 bits per heavy atom. The molecule has 3 aliphatic heterocycles. The lowest BCUT2D eigenvalue weighted by atomic mass is 9.87. The van der Waals surface area contributed by atoms with Crippen LogP contribution in [0.15, 0.2) is 36.0 Å². The number of hydrogen-bond donors (Lipinski definition) is 2. The Bertz CT molecular complexity index is 1240. The van der Waals surface area contributed by atoms with Gasteiger partial charge < -0.3 is 57.6 Å². The van der Waals surface area contributed by atoms with Crippen LogP contribution in [0.25, 0.3) is 0 Å². The standard InChI is InChI=1S/C40H66NO9.HI/c1-11-33(44)29(7)38-34(48-38)23-26(4)13-12-14-27(5)37-28(6)15-16-35(47-30(8)42)40(9,20-17-32(43)24-36(45)49-37)50-39(46)31-18-21-41(10,22-19-31)25(2)3;/h12-16,25-26,28-29,31-35,37-38,43-44H,11,17-24H2,1-10H3;1H/q+1;/p-1/b13-12+,16-15+,27-14+;/t26-,28+,29-,31?,32-,33+,34-,35+,37-,38-,40-,41?;/m1./s1. The summed E-state index contributed by atoms with van der Waals surface area (Å²) in [5.74, 6) is -1.59. The predicted octanol–water partition coefficient (Wildman–Crippen LogP) is 2.84. The molecule has 3 heterocycles. The van der Waals surface area contributed by atoms with Gasteiger partial charge >= 0.3 is 17.9 Å².